The number of benzene rings is 1. The molecule has 3 heterocycles. The molecule has 0 atom stereocenters. The Hall–Kier alpha value is -2.93. The molecule has 7 heteroatoms. The first-order valence-electron chi connectivity index (χ1n) is 8.79. The summed E-state index contributed by atoms with van der Waals surface area (Å²) in [5, 5.41) is 10.4. The lowest BCUT2D eigenvalue weighted by atomic mass is 10.2. The fourth-order valence-corrected chi connectivity index (χ4v) is 3.93. The molecule has 1 aliphatic carbocycles. The van der Waals surface area contributed by atoms with Crippen molar-refractivity contribution in [3.8, 4) is 11.4 Å². The minimum atomic E-state index is -0.0514. The topological polar surface area (TPSA) is 73.8 Å². The van der Waals surface area contributed by atoms with Crippen LogP contribution in [0.3, 0.4) is 0 Å². The molecule has 1 fully saturated rings. The molecule has 0 amide bonds. The maximum atomic E-state index is 12.6. The zero-order valence-electron chi connectivity index (χ0n) is 14.4. The fraction of sp³-hybridized carbons (Fsp3) is 0.200. The Labute approximate surface area is 159 Å². The van der Waals surface area contributed by atoms with Gasteiger partial charge in [0.15, 0.2) is 16.7 Å². The minimum absolute atomic E-state index is 0.0514. The molecular weight excluding hydrogens is 360 g/mol. The zero-order chi connectivity index (χ0) is 18.2. The number of hydrogen-bond donors (Lipinski definition) is 0. The number of Topliss-reactive ketones (excluding diaryl/α,β-unsaturated/α-hetero) is 1. The van der Waals surface area contributed by atoms with Gasteiger partial charge in [0.2, 0.25) is 5.78 Å². The van der Waals surface area contributed by atoms with Crippen molar-refractivity contribution in [1.29, 1.82) is 0 Å². The van der Waals surface area contributed by atoms with E-state index in [9.17, 15) is 4.79 Å². The molecule has 4 aromatic rings. The van der Waals surface area contributed by atoms with Crippen LogP contribution in [0, 0.1) is 0 Å². The van der Waals surface area contributed by atoms with Crippen molar-refractivity contribution < 1.29 is 9.21 Å². The third-order valence-corrected chi connectivity index (χ3v) is 5.47. The smallest absolute Gasteiger partial charge is 0.208 e. The fourth-order valence-electron chi connectivity index (χ4n) is 3.05. The molecule has 1 saturated carbocycles. The first-order valence-corrected chi connectivity index (χ1v) is 9.78. The van der Waals surface area contributed by atoms with Crippen LogP contribution in [0.4, 0.5) is 0 Å². The van der Waals surface area contributed by atoms with Gasteiger partial charge in [-0.1, -0.05) is 30.0 Å². The summed E-state index contributed by atoms with van der Waals surface area (Å²) in [6.45, 7) is 0. The van der Waals surface area contributed by atoms with E-state index in [1.165, 1.54) is 11.8 Å². The lowest BCUT2D eigenvalue weighted by Gasteiger charge is -2.08. The number of para-hydroxylation sites is 1. The third kappa shape index (κ3) is 3.14. The van der Waals surface area contributed by atoms with E-state index in [-0.39, 0.29) is 11.5 Å². The molecule has 0 aliphatic heterocycles. The highest BCUT2D eigenvalue weighted by Gasteiger charge is 2.30. The van der Waals surface area contributed by atoms with Crippen molar-refractivity contribution in [2.24, 2.45) is 0 Å². The lowest BCUT2D eigenvalue weighted by Crippen LogP contribution is -2.04. The quantitative estimate of drug-likeness (QED) is 0.367. The van der Waals surface area contributed by atoms with Crippen LogP contribution in [-0.2, 0) is 0 Å². The summed E-state index contributed by atoms with van der Waals surface area (Å²) in [4.78, 5) is 16.8. The zero-order valence-corrected chi connectivity index (χ0v) is 15.2. The van der Waals surface area contributed by atoms with Crippen LogP contribution in [-0.4, -0.2) is 31.3 Å². The predicted molar refractivity (Wildman–Crippen MR) is 103 cm³/mol. The second-order valence-electron chi connectivity index (χ2n) is 6.51. The Morgan fingerprint density at radius 1 is 1.19 bits per heavy atom. The van der Waals surface area contributed by atoms with Gasteiger partial charge in [-0.15, -0.1) is 10.2 Å². The lowest BCUT2D eigenvalue weighted by molar-refractivity contribution is 0.0994. The molecular formula is C20H16N4O2S. The summed E-state index contributed by atoms with van der Waals surface area (Å²) in [5.74, 6) is 1.40. The Morgan fingerprint density at radius 2 is 2.07 bits per heavy atom. The summed E-state index contributed by atoms with van der Waals surface area (Å²) >= 11 is 1.40. The number of pyridine rings is 1. The number of ketones is 1. The first kappa shape index (κ1) is 16.3. The van der Waals surface area contributed by atoms with Crippen molar-refractivity contribution in [2.45, 2.75) is 24.0 Å². The minimum Gasteiger partial charge on any atom is -0.453 e. The molecule has 0 bridgehead atoms. The summed E-state index contributed by atoms with van der Waals surface area (Å²) < 4.78 is 7.80. The first-order chi connectivity index (χ1) is 13.3. The maximum Gasteiger partial charge on any atom is 0.208 e. The van der Waals surface area contributed by atoms with Gasteiger partial charge in [-0.25, -0.2) is 0 Å². The van der Waals surface area contributed by atoms with Crippen LogP contribution in [0.5, 0.6) is 0 Å². The second-order valence-corrected chi connectivity index (χ2v) is 7.45. The van der Waals surface area contributed by atoms with Gasteiger partial charge in [0.1, 0.15) is 5.58 Å². The van der Waals surface area contributed by atoms with Gasteiger partial charge >= 0.3 is 0 Å². The monoisotopic (exact) mass is 376 g/mol. The van der Waals surface area contributed by atoms with E-state index in [4.69, 9.17) is 4.42 Å². The van der Waals surface area contributed by atoms with Crippen LogP contribution >= 0.6 is 11.8 Å². The summed E-state index contributed by atoms with van der Waals surface area (Å²) in [6, 6.07) is 13.7. The highest BCUT2D eigenvalue weighted by Crippen LogP contribution is 2.41. The van der Waals surface area contributed by atoms with Crippen LogP contribution in [0.2, 0.25) is 0 Å². The van der Waals surface area contributed by atoms with E-state index in [1.54, 1.807) is 18.5 Å². The van der Waals surface area contributed by atoms with Gasteiger partial charge in [0.05, 0.1) is 5.75 Å². The average molecular weight is 376 g/mol. The number of nitrogens with zero attached hydrogens (tertiary/aromatic N) is 4. The van der Waals surface area contributed by atoms with Crippen molar-refractivity contribution >= 4 is 28.5 Å². The van der Waals surface area contributed by atoms with Crippen LogP contribution in [0.1, 0.15) is 29.4 Å². The van der Waals surface area contributed by atoms with Gasteiger partial charge < -0.3 is 4.42 Å². The van der Waals surface area contributed by atoms with E-state index in [1.807, 2.05) is 36.4 Å². The normalized spacial score (nSPS) is 13.9. The standard InChI is InChI=1S/C20H16N4O2S/c25-16(18-10-13-4-1-2-6-17(13)26-18)12-27-20-23-22-19(24(20)15-7-8-15)14-5-3-9-21-11-14/h1-6,9-11,15H,7-8,12H2. The van der Waals surface area contributed by atoms with Crippen molar-refractivity contribution in [3.05, 3.63) is 60.6 Å². The van der Waals surface area contributed by atoms with E-state index in [0.29, 0.717) is 11.8 Å². The molecule has 1 aliphatic rings. The summed E-state index contributed by atoms with van der Waals surface area (Å²) in [6.07, 6.45) is 5.74. The van der Waals surface area contributed by atoms with Gasteiger partial charge in [-0.2, -0.15) is 0 Å². The van der Waals surface area contributed by atoms with Crippen LogP contribution in [0.25, 0.3) is 22.4 Å². The van der Waals surface area contributed by atoms with E-state index >= 15 is 0 Å². The molecule has 0 N–H and O–H groups in total. The second kappa shape index (κ2) is 6.66. The molecule has 0 spiro atoms. The average Bonchev–Trinajstić information content (AvgIpc) is 3.30. The Balaban J connectivity index is 1.38. The van der Waals surface area contributed by atoms with Gasteiger partial charge in [-0.3, -0.25) is 14.3 Å². The third-order valence-electron chi connectivity index (χ3n) is 4.53. The van der Waals surface area contributed by atoms with Crippen LogP contribution < -0.4 is 0 Å². The number of carbonyl (C=O) groups is 1. The van der Waals surface area contributed by atoms with Gasteiger partial charge in [-0.05, 0) is 37.1 Å². The number of aromatic nitrogens is 4. The predicted octanol–water partition coefficient (Wildman–Crippen LogP) is 4.40. The largest absolute Gasteiger partial charge is 0.453 e. The molecule has 27 heavy (non-hydrogen) atoms. The Bertz CT molecular complexity index is 1080. The molecule has 0 unspecified atom stereocenters. The van der Waals surface area contributed by atoms with E-state index in [2.05, 4.69) is 19.7 Å². The number of thioether (sulfide) groups is 1. The van der Waals surface area contributed by atoms with Gasteiger partial charge in [0.25, 0.3) is 0 Å². The molecule has 1 aromatic carbocycles. The maximum absolute atomic E-state index is 12.6. The molecule has 3 aromatic heterocycles. The highest BCUT2D eigenvalue weighted by atomic mass is 32.2. The number of furan rings is 1. The van der Waals surface area contributed by atoms with Crippen molar-refractivity contribution in [3.63, 3.8) is 0 Å². The summed E-state index contributed by atoms with van der Waals surface area (Å²) in [5.41, 5.74) is 1.67. The molecule has 0 saturated heterocycles. The molecule has 6 nitrogen and oxygen atoms in total. The Kier molecular flexibility index (Phi) is 4.01. The number of rotatable bonds is 6. The summed E-state index contributed by atoms with van der Waals surface area (Å²) in [7, 11) is 0. The van der Waals surface area contributed by atoms with E-state index < -0.39 is 0 Å². The van der Waals surface area contributed by atoms with Gasteiger partial charge in [0, 0.05) is 29.4 Å². The van der Waals surface area contributed by atoms with Crippen LogP contribution in [0.15, 0.2) is 64.4 Å². The molecule has 5 rings (SSSR count). The number of fused-ring (bicyclic) bond motifs is 1. The molecule has 134 valence electrons. The molecule has 0 radical (unpaired) electrons. The SMILES string of the molecule is O=C(CSc1nnc(-c2cccnc2)n1C1CC1)c1cc2ccccc2o1. The highest BCUT2D eigenvalue weighted by molar-refractivity contribution is 7.99. The van der Waals surface area contributed by atoms with Crippen molar-refractivity contribution in [2.75, 3.05) is 5.75 Å². The Morgan fingerprint density at radius 3 is 2.85 bits per heavy atom. The number of carbonyl (C=O) groups excluding carboxylic acids is 1. The number of hydrogen-bond acceptors (Lipinski definition) is 6. The van der Waals surface area contributed by atoms with E-state index in [0.717, 1.165) is 40.4 Å². The van der Waals surface area contributed by atoms with Crippen molar-refractivity contribution in [1.82, 2.24) is 19.7 Å².